The highest BCUT2D eigenvalue weighted by atomic mass is 35.5. The highest BCUT2D eigenvalue weighted by Gasteiger charge is 2.43. The molecule has 1 unspecified atom stereocenters. The second-order valence-electron chi connectivity index (χ2n) is 5.72. The molecular formula is C15H19ClN2O3. The summed E-state index contributed by atoms with van der Waals surface area (Å²) >= 11 is 6.14. The van der Waals surface area contributed by atoms with Crippen LogP contribution in [0.15, 0.2) is 23.4 Å². The molecule has 2 fully saturated rings. The van der Waals surface area contributed by atoms with Crippen LogP contribution in [-0.2, 0) is 4.74 Å². The first-order valence-electron chi connectivity index (χ1n) is 7.21. The molecule has 0 aromatic heterocycles. The van der Waals surface area contributed by atoms with Gasteiger partial charge in [-0.25, -0.2) is 0 Å². The van der Waals surface area contributed by atoms with E-state index < -0.39 is 0 Å². The molecule has 1 aliphatic heterocycles. The minimum Gasteiger partial charge on any atom is -0.489 e. The van der Waals surface area contributed by atoms with Gasteiger partial charge in [-0.05, 0) is 31.4 Å². The third-order valence-electron chi connectivity index (χ3n) is 4.35. The van der Waals surface area contributed by atoms with Crippen LogP contribution < -0.4 is 10.5 Å². The van der Waals surface area contributed by atoms with Crippen LogP contribution in [0.25, 0.3) is 0 Å². The molecule has 21 heavy (non-hydrogen) atoms. The number of nitrogens with two attached hydrogens (primary N) is 1. The lowest BCUT2D eigenvalue weighted by molar-refractivity contribution is -0.153. The number of rotatable bonds is 3. The van der Waals surface area contributed by atoms with Crippen molar-refractivity contribution in [2.24, 2.45) is 10.9 Å². The Morgan fingerprint density at radius 2 is 2.29 bits per heavy atom. The number of halogens is 1. The van der Waals surface area contributed by atoms with Crippen LogP contribution in [0.1, 0.15) is 37.7 Å². The molecule has 1 saturated heterocycles. The van der Waals surface area contributed by atoms with E-state index in [-0.39, 0.29) is 17.5 Å². The van der Waals surface area contributed by atoms with Crippen LogP contribution in [0.4, 0.5) is 0 Å². The number of hydrogen-bond donors (Lipinski definition) is 2. The Kier molecular flexibility index (Phi) is 3.95. The van der Waals surface area contributed by atoms with Crippen LogP contribution in [-0.4, -0.2) is 29.4 Å². The zero-order valence-electron chi connectivity index (χ0n) is 11.7. The lowest BCUT2D eigenvalue weighted by Crippen LogP contribution is -2.48. The molecule has 5 nitrogen and oxygen atoms in total. The first-order chi connectivity index (χ1) is 10.1. The second-order valence-corrected chi connectivity index (χ2v) is 6.12. The number of nitrogens with zero attached hydrogens (tertiary/aromatic N) is 1. The molecule has 3 N–H and O–H groups in total. The van der Waals surface area contributed by atoms with Gasteiger partial charge in [-0.1, -0.05) is 22.8 Å². The topological polar surface area (TPSA) is 77.1 Å². The van der Waals surface area contributed by atoms with Crippen molar-refractivity contribution < 1.29 is 14.7 Å². The molecular weight excluding hydrogens is 292 g/mol. The summed E-state index contributed by atoms with van der Waals surface area (Å²) in [6.07, 6.45) is 5.23. The number of amidine groups is 1. The molecule has 2 aliphatic rings. The van der Waals surface area contributed by atoms with E-state index in [9.17, 15) is 0 Å². The van der Waals surface area contributed by atoms with Gasteiger partial charge in [0.2, 0.25) is 0 Å². The number of hydrogen-bond acceptors (Lipinski definition) is 4. The molecule has 1 aromatic rings. The largest absolute Gasteiger partial charge is 0.489 e. The Labute approximate surface area is 128 Å². The fourth-order valence-corrected chi connectivity index (χ4v) is 3.35. The van der Waals surface area contributed by atoms with Crippen molar-refractivity contribution in [2.75, 3.05) is 6.61 Å². The minimum absolute atomic E-state index is 0.0122. The van der Waals surface area contributed by atoms with Crippen LogP contribution in [0, 0.1) is 0 Å². The summed E-state index contributed by atoms with van der Waals surface area (Å²) in [5, 5.41) is 12.3. The summed E-state index contributed by atoms with van der Waals surface area (Å²) in [5.41, 5.74) is 6.16. The predicted molar refractivity (Wildman–Crippen MR) is 80.1 cm³/mol. The first-order valence-corrected chi connectivity index (χ1v) is 7.58. The molecule has 1 heterocycles. The molecule has 0 amide bonds. The molecule has 1 spiro atoms. The first kappa shape index (κ1) is 14.5. The van der Waals surface area contributed by atoms with Gasteiger partial charge < -0.3 is 20.4 Å². The van der Waals surface area contributed by atoms with Gasteiger partial charge in [-0.3, -0.25) is 0 Å². The number of ether oxygens (including phenoxy) is 2. The molecule has 3 rings (SSSR count). The van der Waals surface area contributed by atoms with Crippen LogP contribution in [0.5, 0.6) is 5.75 Å². The Bertz CT molecular complexity index is 558. The van der Waals surface area contributed by atoms with Crippen molar-refractivity contribution in [3.63, 3.8) is 0 Å². The smallest absolute Gasteiger partial charge is 0.175 e. The standard InChI is InChI=1S/C15H19ClN2O3/c16-11-3-1-4-12(13(11)14(17)18-19)21-10-5-8-20-15(9-10)6-2-7-15/h1,3-4,10,19H,2,5-9H2,(H2,17,18). The van der Waals surface area contributed by atoms with Gasteiger partial charge in [0.1, 0.15) is 11.9 Å². The van der Waals surface area contributed by atoms with Gasteiger partial charge in [0, 0.05) is 12.8 Å². The molecule has 0 bridgehead atoms. The van der Waals surface area contributed by atoms with Gasteiger partial charge in [0.05, 0.1) is 22.8 Å². The van der Waals surface area contributed by atoms with Crippen molar-refractivity contribution in [1.29, 1.82) is 0 Å². The van der Waals surface area contributed by atoms with E-state index in [4.69, 9.17) is 32.0 Å². The summed E-state index contributed by atoms with van der Waals surface area (Å²) in [4.78, 5) is 0. The fraction of sp³-hybridized carbons (Fsp3) is 0.533. The summed E-state index contributed by atoms with van der Waals surface area (Å²) in [7, 11) is 0. The predicted octanol–water partition coefficient (Wildman–Crippen LogP) is 2.92. The van der Waals surface area contributed by atoms with E-state index in [0.717, 1.165) is 25.7 Å². The van der Waals surface area contributed by atoms with E-state index in [1.54, 1.807) is 18.2 Å². The van der Waals surface area contributed by atoms with Crippen molar-refractivity contribution in [1.82, 2.24) is 0 Å². The van der Waals surface area contributed by atoms with E-state index in [2.05, 4.69) is 5.16 Å². The molecule has 1 saturated carbocycles. The van der Waals surface area contributed by atoms with E-state index in [1.165, 1.54) is 6.42 Å². The van der Waals surface area contributed by atoms with Gasteiger partial charge in [0.15, 0.2) is 5.84 Å². The van der Waals surface area contributed by atoms with Crippen LogP contribution in [0.2, 0.25) is 5.02 Å². The molecule has 1 atom stereocenters. The second kappa shape index (κ2) is 5.73. The maximum absolute atomic E-state index is 8.90. The van der Waals surface area contributed by atoms with Gasteiger partial charge in [-0.15, -0.1) is 0 Å². The van der Waals surface area contributed by atoms with Crippen LogP contribution in [0.3, 0.4) is 0 Å². The van der Waals surface area contributed by atoms with Crippen molar-refractivity contribution in [3.8, 4) is 5.75 Å². The van der Waals surface area contributed by atoms with Crippen molar-refractivity contribution in [2.45, 2.75) is 43.8 Å². The highest BCUT2D eigenvalue weighted by molar-refractivity contribution is 6.34. The lowest BCUT2D eigenvalue weighted by atomic mass is 9.74. The Morgan fingerprint density at radius 3 is 2.95 bits per heavy atom. The zero-order valence-corrected chi connectivity index (χ0v) is 12.5. The van der Waals surface area contributed by atoms with Crippen LogP contribution >= 0.6 is 11.6 Å². The quantitative estimate of drug-likeness (QED) is 0.389. The fourth-order valence-electron chi connectivity index (χ4n) is 3.08. The maximum atomic E-state index is 8.90. The highest BCUT2D eigenvalue weighted by Crippen LogP contribution is 2.43. The third kappa shape index (κ3) is 2.80. The van der Waals surface area contributed by atoms with E-state index in [1.807, 2.05) is 0 Å². The Hall–Kier alpha value is -1.46. The van der Waals surface area contributed by atoms with E-state index >= 15 is 0 Å². The van der Waals surface area contributed by atoms with Gasteiger partial charge in [0.25, 0.3) is 0 Å². The number of benzene rings is 1. The summed E-state index contributed by atoms with van der Waals surface area (Å²) in [5.74, 6) is 0.514. The average Bonchev–Trinajstić information content (AvgIpc) is 2.45. The normalized spacial score (nSPS) is 24.6. The van der Waals surface area contributed by atoms with E-state index in [0.29, 0.717) is 22.9 Å². The summed E-state index contributed by atoms with van der Waals surface area (Å²) in [6.45, 7) is 0.712. The Morgan fingerprint density at radius 1 is 1.48 bits per heavy atom. The van der Waals surface area contributed by atoms with Gasteiger partial charge >= 0.3 is 0 Å². The van der Waals surface area contributed by atoms with Gasteiger partial charge in [-0.2, -0.15) is 0 Å². The zero-order chi connectivity index (χ0) is 14.9. The lowest BCUT2D eigenvalue weighted by Gasteiger charge is -2.47. The molecule has 1 aromatic carbocycles. The third-order valence-corrected chi connectivity index (χ3v) is 4.66. The minimum atomic E-state index is -0.0407. The molecule has 6 heteroatoms. The molecule has 114 valence electrons. The average molecular weight is 311 g/mol. The SMILES string of the molecule is N/C(=N/O)c1c(Cl)cccc1OC1CCOC2(CCC2)C1. The summed E-state index contributed by atoms with van der Waals surface area (Å²) < 4.78 is 12.0. The number of oxime groups is 1. The molecule has 0 radical (unpaired) electrons. The maximum Gasteiger partial charge on any atom is 0.175 e. The van der Waals surface area contributed by atoms with Crippen molar-refractivity contribution >= 4 is 17.4 Å². The summed E-state index contributed by atoms with van der Waals surface area (Å²) in [6, 6.07) is 5.28. The Balaban J connectivity index is 1.80. The van der Waals surface area contributed by atoms with Crippen molar-refractivity contribution in [3.05, 3.63) is 28.8 Å². The molecule has 1 aliphatic carbocycles. The monoisotopic (exact) mass is 310 g/mol.